The molecule has 2 aromatic carbocycles. The van der Waals surface area contributed by atoms with Gasteiger partial charge < -0.3 is 19.9 Å². The summed E-state index contributed by atoms with van der Waals surface area (Å²) < 4.78 is 6.24. The lowest BCUT2D eigenvalue weighted by Crippen LogP contribution is -2.31. The van der Waals surface area contributed by atoms with E-state index in [-0.39, 0.29) is 0 Å². The Morgan fingerprint density at radius 3 is 2.41 bits per heavy atom. The molecule has 0 aromatic heterocycles. The topological polar surface area (TPSA) is 27.7 Å². The van der Waals surface area contributed by atoms with Crippen LogP contribution in [0.1, 0.15) is 62.1 Å². The second-order valence-corrected chi connectivity index (χ2v) is 9.50. The molecule has 0 atom stereocenters. The summed E-state index contributed by atoms with van der Waals surface area (Å²) in [6, 6.07) is 17.7. The third-order valence-corrected chi connectivity index (χ3v) is 7.27. The van der Waals surface area contributed by atoms with E-state index in [0.717, 1.165) is 38.5 Å². The molecule has 0 amide bonds. The number of ether oxygens (including phenoxy) is 1. The SMILES string of the molecule is C/C=C(/COc1cccc(/C(=C\C)N2CCC(c3cccc(CNC)c3)CC2)c1)N1CCCC1. The Morgan fingerprint density at radius 2 is 1.71 bits per heavy atom. The largest absolute Gasteiger partial charge is 0.487 e. The van der Waals surface area contributed by atoms with E-state index in [1.54, 1.807) is 0 Å². The molecule has 4 nitrogen and oxygen atoms in total. The van der Waals surface area contributed by atoms with Crippen LogP contribution in [-0.4, -0.2) is 49.6 Å². The molecule has 34 heavy (non-hydrogen) atoms. The number of rotatable bonds is 9. The van der Waals surface area contributed by atoms with Crippen molar-refractivity contribution in [2.24, 2.45) is 0 Å². The summed E-state index contributed by atoms with van der Waals surface area (Å²) in [6.07, 6.45) is 9.42. The number of nitrogens with one attached hydrogen (secondary N) is 1. The highest BCUT2D eigenvalue weighted by Crippen LogP contribution is 2.33. The number of benzene rings is 2. The second-order valence-electron chi connectivity index (χ2n) is 9.50. The van der Waals surface area contributed by atoms with Crippen LogP contribution in [-0.2, 0) is 6.54 Å². The number of hydrogen-bond acceptors (Lipinski definition) is 4. The molecule has 2 aromatic rings. The maximum Gasteiger partial charge on any atom is 0.128 e. The molecular formula is C30H41N3O. The van der Waals surface area contributed by atoms with Gasteiger partial charge in [0.1, 0.15) is 12.4 Å². The van der Waals surface area contributed by atoms with Gasteiger partial charge in [-0.2, -0.15) is 0 Å². The first kappa shape index (κ1) is 24.4. The molecule has 2 aliphatic heterocycles. The number of allylic oxidation sites excluding steroid dienone is 2. The minimum Gasteiger partial charge on any atom is -0.487 e. The van der Waals surface area contributed by atoms with E-state index in [1.165, 1.54) is 53.8 Å². The van der Waals surface area contributed by atoms with Gasteiger partial charge in [-0.25, -0.2) is 0 Å². The lowest BCUT2D eigenvalue weighted by Gasteiger charge is -2.35. The molecule has 0 unspecified atom stereocenters. The van der Waals surface area contributed by atoms with Crippen LogP contribution in [0.4, 0.5) is 0 Å². The van der Waals surface area contributed by atoms with Gasteiger partial charge in [-0.1, -0.05) is 48.6 Å². The second kappa shape index (κ2) is 12.1. The summed E-state index contributed by atoms with van der Waals surface area (Å²) in [5.41, 5.74) is 6.73. The molecule has 0 radical (unpaired) electrons. The van der Waals surface area contributed by atoms with E-state index >= 15 is 0 Å². The van der Waals surface area contributed by atoms with Gasteiger partial charge in [0.25, 0.3) is 0 Å². The maximum absolute atomic E-state index is 6.24. The van der Waals surface area contributed by atoms with Crippen LogP contribution in [0, 0.1) is 0 Å². The molecule has 0 saturated carbocycles. The average molecular weight is 460 g/mol. The number of hydrogen-bond donors (Lipinski definition) is 1. The summed E-state index contributed by atoms with van der Waals surface area (Å²) >= 11 is 0. The van der Waals surface area contributed by atoms with E-state index in [2.05, 4.69) is 89.6 Å². The Balaban J connectivity index is 1.37. The van der Waals surface area contributed by atoms with E-state index in [4.69, 9.17) is 4.74 Å². The minimum atomic E-state index is 0.642. The fourth-order valence-electron chi connectivity index (χ4n) is 5.41. The zero-order chi connectivity index (χ0) is 23.8. The standard InChI is InChI=1S/C30H41N3O/c1-4-28(32-16-6-7-17-32)23-34-29-13-9-12-27(21-29)30(5-2)33-18-14-25(15-19-33)26-11-8-10-24(20-26)22-31-3/h4-5,8-13,20-21,25,31H,6-7,14-19,22-23H2,1-3H3/b28-4-,30-5+. The highest BCUT2D eigenvalue weighted by atomic mass is 16.5. The maximum atomic E-state index is 6.24. The Labute approximate surface area is 206 Å². The smallest absolute Gasteiger partial charge is 0.128 e. The third kappa shape index (κ3) is 6.04. The van der Waals surface area contributed by atoms with E-state index in [1.807, 2.05) is 7.05 Å². The van der Waals surface area contributed by atoms with Crippen LogP contribution >= 0.6 is 0 Å². The Kier molecular flexibility index (Phi) is 8.70. The lowest BCUT2D eigenvalue weighted by atomic mass is 9.88. The van der Waals surface area contributed by atoms with Gasteiger partial charge in [0.05, 0.1) is 0 Å². The van der Waals surface area contributed by atoms with Crippen LogP contribution in [0.2, 0.25) is 0 Å². The fourth-order valence-corrected chi connectivity index (χ4v) is 5.41. The third-order valence-electron chi connectivity index (χ3n) is 7.27. The van der Waals surface area contributed by atoms with Crippen molar-refractivity contribution in [1.82, 2.24) is 15.1 Å². The zero-order valence-electron chi connectivity index (χ0n) is 21.2. The van der Waals surface area contributed by atoms with Crippen molar-refractivity contribution in [3.05, 3.63) is 83.1 Å². The van der Waals surface area contributed by atoms with Gasteiger partial charge in [-0.3, -0.25) is 0 Å². The van der Waals surface area contributed by atoms with Crippen LogP contribution < -0.4 is 10.1 Å². The molecule has 4 rings (SSSR count). The van der Waals surface area contributed by atoms with Crippen molar-refractivity contribution < 1.29 is 4.74 Å². The van der Waals surface area contributed by atoms with E-state index < -0.39 is 0 Å². The van der Waals surface area contributed by atoms with Crippen molar-refractivity contribution in [3.63, 3.8) is 0 Å². The molecule has 0 bridgehead atoms. The molecule has 0 aliphatic carbocycles. The molecule has 2 saturated heterocycles. The summed E-state index contributed by atoms with van der Waals surface area (Å²) in [4.78, 5) is 5.01. The summed E-state index contributed by atoms with van der Waals surface area (Å²) in [5.74, 6) is 1.59. The average Bonchev–Trinajstić information content (AvgIpc) is 3.41. The first-order valence-corrected chi connectivity index (χ1v) is 13.0. The zero-order valence-corrected chi connectivity index (χ0v) is 21.2. The Morgan fingerprint density at radius 1 is 0.941 bits per heavy atom. The van der Waals surface area contributed by atoms with Gasteiger partial charge in [0.2, 0.25) is 0 Å². The minimum absolute atomic E-state index is 0.642. The molecule has 1 N–H and O–H groups in total. The first-order chi connectivity index (χ1) is 16.7. The summed E-state index contributed by atoms with van der Waals surface area (Å²) in [5, 5.41) is 3.27. The van der Waals surface area contributed by atoms with Gasteiger partial charge in [-0.05, 0) is 75.8 Å². The monoisotopic (exact) mass is 459 g/mol. The van der Waals surface area contributed by atoms with Crippen molar-refractivity contribution in [3.8, 4) is 5.75 Å². The molecule has 0 spiro atoms. The van der Waals surface area contributed by atoms with Crippen LogP contribution in [0.3, 0.4) is 0 Å². The normalized spacial score (nSPS) is 18.0. The van der Waals surface area contributed by atoms with Crippen molar-refractivity contribution in [2.45, 2.75) is 52.0 Å². The molecule has 2 aliphatic rings. The number of likely N-dealkylation sites (tertiary alicyclic amines) is 2. The highest BCUT2D eigenvalue weighted by Gasteiger charge is 2.23. The van der Waals surface area contributed by atoms with Gasteiger partial charge in [0, 0.05) is 49.7 Å². The molecule has 4 heteroatoms. The summed E-state index contributed by atoms with van der Waals surface area (Å²) in [7, 11) is 2.01. The van der Waals surface area contributed by atoms with E-state index in [9.17, 15) is 0 Å². The number of nitrogens with zero attached hydrogens (tertiary/aromatic N) is 2. The van der Waals surface area contributed by atoms with Crippen LogP contribution in [0.25, 0.3) is 5.70 Å². The number of piperidine rings is 1. The highest BCUT2D eigenvalue weighted by molar-refractivity contribution is 5.65. The molecule has 2 heterocycles. The quantitative estimate of drug-likeness (QED) is 0.496. The van der Waals surface area contributed by atoms with Gasteiger partial charge in [0.15, 0.2) is 0 Å². The van der Waals surface area contributed by atoms with Crippen molar-refractivity contribution in [1.29, 1.82) is 0 Å². The Bertz CT molecular complexity index is 982. The van der Waals surface area contributed by atoms with Crippen LogP contribution in [0.5, 0.6) is 5.75 Å². The fraction of sp³-hybridized carbons (Fsp3) is 0.467. The van der Waals surface area contributed by atoms with Gasteiger partial charge >= 0.3 is 0 Å². The molecule has 2 fully saturated rings. The lowest BCUT2D eigenvalue weighted by molar-refractivity contribution is 0.290. The molecule has 182 valence electrons. The van der Waals surface area contributed by atoms with Crippen LogP contribution in [0.15, 0.2) is 66.4 Å². The van der Waals surface area contributed by atoms with Gasteiger partial charge in [-0.15, -0.1) is 0 Å². The predicted octanol–water partition coefficient (Wildman–Crippen LogP) is 6.02. The first-order valence-electron chi connectivity index (χ1n) is 13.0. The van der Waals surface area contributed by atoms with Crippen molar-refractivity contribution in [2.75, 3.05) is 39.8 Å². The summed E-state index contributed by atoms with van der Waals surface area (Å²) in [6.45, 7) is 10.3. The Hall–Kier alpha value is -2.72. The molecular weight excluding hydrogens is 418 g/mol. The van der Waals surface area contributed by atoms with Crippen molar-refractivity contribution >= 4 is 5.70 Å². The predicted molar refractivity (Wildman–Crippen MR) is 143 cm³/mol. The van der Waals surface area contributed by atoms with E-state index in [0.29, 0.717) is 12.5 Å².